The summed E-state index contributed by atoms with van der Waals surface area (Å²) in [5, 5.41) is 6.46. The summed E-state index contributed by atoms with van der Waals surface area (Å²) in [7, 11) is -3.78. The van der Waals surface area contributed by atoms with E-state index in [9.17, 15) is 8.42 Å². The van der Waals surface area contributed by atoms with Gasteiger partial charge < -0.3 is 15.4 Å². The lowest BCUT2D eigenvalue weighted by atomic mass is 10.2. The molecule has 5 aromatic rings. The van der Waals surface area contributed by atoms with Gasteiger partial charge in [-0.2, -0.15) is 4.98 Å². The van der Waals surface area contributed by atoms with Crippen molar-refractivity contribution in [3.63, 3.8) is 0 Å². The molecule has 9 heteroatoms. The Kier molecular flexibility index (Phi) is 7.42. The molecule has 0 unspecified atom stereocenters. The standard InChI is InChI=1S/C30H27N5O3S/c1-21-8-10-23(11-9-21)32-29-20-22(2)31-30(34-29)33-24-12-14-25(15-13-24)35-39(36,37)28-18-16-27(17-19-28)38-26-6-4-3-5-7-26/h3-20,35H,1-2H3,(H2,31,32,33,34). The first-order chi connectivity index (χ1) is 18.8. The van der Waals surface area contributed by atoms with Gasteiger partial charge in [-0.3, -0.25) is 4.72 Å². The van der Waals surface area contributed by atoms with Crippen molar-refractivity contribution in [3.05, 3.63) is 120 Å². The maximum Gasteiger partial charge on any atom is 0.261 e. The number of rotatable bonds is 9. The van der Waals surface area contributed by atoms with Crippen LogP contribution in [0, 0.1) is 13.8 Å². The molecule has 1 heterocycles. The first kappa shape index (κ1) is 25.7. The molecule has 0 spiro atoms. The summed E-state index contributed by atoms with van der Waals surface area (Å²) >= 11 is 0. The van der Waals surface area contributed by atoms with Crippen molar-refractivity contribution >= 4 is 38.9 Å². The normalized spacial score (nSPS) is 11.0. The van der Waals surface area contributed by atoms with Crippen molar-refractivity contribution in [1.29, 1.82) is 0 Å². The number of benzene rings is 4. The first-order valence-electron chi connectivity index (χ1n) is 12.2. The predicted octanol–water partition coefficient (Wildman–Crippen LogP) is 7.17. The van der Waals surface area contributed by atoms with Crippen LogP contribution in [0.4, 0.5) is 28.8 Å². The van der Waals surface area contributed by atoms with Gasteiger partial charge >= 0.3 is 0 Å². The van der Waals surface area contributed by atoms with Gasteiger partial charge in [0.05, 0.1) is 4.90 Å². The average Bonchev–Trinajstić information content (AvgIpc) is 2.92. The SMILES string of the molecule is Cc1ccc(Nc2cc(C)nc(Nc3ccc(NS(=O)(=O)c4ccc(Oc5ccccc5)cc4)cc3)n2)cc1. The Labute approximate surface area is 227 Å². The van der Waals surface area contributed by atoms with Crippen LogP contribution in [0.3, 0.4) is 0 Å². The highest BCUT2D eigenvalue weighted by Gasteiger charge is 2.14. The van der Waals surface area contributed by atoms with Gasteiger partial charge in [0, 0.05) is 28.8 Å². The lowest BCUT2D eigenvalue weighted by Gasteiger charge is -2.12. The molecule has 0 radical (unpaired) electrons. The molecule has 8 nitrogen and oxygen atoms in total. The Morgan fingerprint density at radius 2 is 1.23 bits per heavy atom. The maximum absolute atomic E-state index is 12.9. The molecule has 196 valence electrons. The minimum absolute atomic E-state index is 0.131. The van der Waals surface area contributed by atoms with Crippen LogP contribution >= 0.6 is 0 Å². The van der Waals surface area contributed by atoms with E-state index < -0.39 is 10.0 Å². The molecular weight excluding hydrogens is 510 g/mol. The lowest BCUT2D eigenvalue weighted by Crippen LogP contribution is -2.12. The average molecular weight is 538 g/mol. The number of aryl methyl sites for hydroxylation is 2. The Balaban J connectivity index is 1.23. The van der Waals surface area contributed by atoms with E-state index in [1.165, 1.54) is 17.7 Å². The van der Waals surface area contributed by atoms with Crippen LogP contribution in [0.25, 0.3) is 0 Å². The van der Waals surface area contributed by atoms with Crippen molar-refractivity contribution in [3.8, 4) is 11.5 Å². The van der Waals surface area contributed by atoms with E-state index in [2.05, 4.69) is 25.3 Å². The number of nitrogens with one attached hydrogen (secondary N) is 3. The Bertz CT molecular complexity index is 1660. The second kappa shape index (κ2) is 11.2. The Morgan fingerprint density at radius 3 is 1.92 bits per heavy atom. The van der Waals surface area contributed by atoms with Crippen LogP contribution < -0.4 is 20.1 Å². The molecule has 39 heavy (non-hydrogen) atoms. The third-order valence-electron chi connectivity index (χ3n) is 5.68. The Morgan fingerprint density at radius 1 is 0.641 bits per heavy atom. The number of ether oxygens (including phenoxy) is 1. The second-order valence-electron chi connectivity index (χ2n) is 8.90. The van der Waals surface area contributed by atoms with Crippen molar-refractivity contribution in [2.45, 2.75) is 18.7 Å². The number of para-hydroxylation sites is 1. The van der Waals surface area contributed by atoms with E-state index >= 15 is 0 Å². The van der Waals surface area contributed by atoms with E-state index in [-0.39, 0.29) is 4.90 Å². The summed E-state index contributed by atoms with van der Waals surface area (Å²) in [6, 6.07) is 32.3. The van der Waals surface area contributed by atoms with E-state index in [0.717, 1.165) is 11.4 Å². The summed E-state index contributed by atoms with van der Waals surface area (Å²) in [4.78, 5) is 9.13. The monoisotopic (exact) mass is 537 g/mol. The summed E-state index contributed by atoms with van der Waals surface area (Å²) in [5.74, 6) is 2.31. The van der Waals surface area contributed by atoms with Gasteiger partial charge in [0.25, 0.3) is 10.0 Å². The van der Waals surface area contributed by atoms with Gasteiger partial charge in [0.1, 0.15) is 17.3 Å². The summed E-state index contributed by atoms with van der Waals surface area (Å²) in [5.41, 5.74) is 4.05. The smallest absolute Gasteiger partial charge is 0.261 e. The van der Waals surface area contributed by atoms with Crippen molar-refractivity contribution in [2.24, 2.45) is 0 Å². The third kappa shape index (κ3) is 6.91. The molecule has 1 aromatic heterocycles. The fraction of sp³-hybridized carbons (Fsp3) is 0.0667. The van der Waals surface area contributed by atoms with E-state index in [4.69, 9.17) is 4.74 Å². The quantitative estimate of drug-likeness (QED) is 0.183. The summed E-state index contributed by atoms with van der Waals surface area (Å²) in [6.07, 6.45) is 0. The molecule has 0 saturated carbocycles. The third-order valence-corrected chi connectivity index (χ3v) is 7.08. The van der Waals surface area contributed by atoms with Crippen molar-refractivity contribution in [1.82, 2.24) is 9.97 Å². The molecule has 5 rings (SSSR count). The number of nitrogens with zero attached hydrogens (tertiary/aromatic N) is 2. The molecule has 0 atom stereocenters. The van der Waals surface area contributed by atoms with Gasteiger partial charge in [-0.15, -0.1) is 0 Å². The summed E-state index contributed by atoms with van der Waals surface area (Å²) in [6.45, 7) is 3.93. The molecule has 0 bridgehead atoms. The molecule has 3 N–H and O–H groups in total. The first-order valence-corrected chi connectivity index (χ1v) is 13.7. The predicted molar refractivity (Wildman–Crippen MR) is 155 cm³/mol. The summed E-state index contributed by atoms with van der Waals surface area (Å²) < 4.78 is 34.1. The molecule has 0 amide bonds. The van der Waals surface area contributed by atoms with Crippen LogP contribution in [0.15, 0.2) is 114 Å². The molecule has 0 aliphatic carbocycles. The highest BCUT2D eigenvalue weighted by molar-refractivity contribution is 7.92. The van der Waals surface area contributed by atoms with E-state index in [0.29, 0.717) is 34.6 Å². The molecule has 0 aliphatic rings. The van der Waals surface area contributed by atoms with Gasteiger partial charge in [-0.25, -0.2) is 13.4 Å². The van der Waals surface area contributed by atoms with Crippen molar-refractivity contribution < 1.29 is 13.2 Å². The molecule has 0 fully saturated rings. The largest absolute Gasteiger partial charge is 0.457 e. The Hall–Kier alpha value is -4.89. The minimum Gasteiger partial charge on any atom is -0.457 e. The topological polar surface area (TPSA) is 105 Å². The van der Waals surface area contributed by atoms with E-state index in [1.54, 1.807) is 36.4 Å². The number of hydrogen-bond acceptors (Lipinski definition) is 7. The maximum atomic E-state index is 12.9. The number of hydrogen-bond donors (Lipinski definition) is 3. The zero-order valence-electron chi connectivity index (χ0n) is 21.4. The molecule has 0 saturated heterocycles. The number of sulfonamides is 1. The molecular formula is C30H27N5O3S. The van der Waals surface area contributed by atoms with Gasteiger partial charge in [-0.05, 0) is 86.6 Å². The van der Waals surface area contributed by atoms with Crippen LogP contribution in [-0.2, 0) is 10.0 Å². The van der Waals surface area contributed by atoms with Gasteiger partial charge in [0.2, 0.25) is 5.95 Å². The van der Waals surface area contributed by atoms with Crippen LogP contribution in [-0.4, -0.2) is 18.4 Å². The lowest BCUT2D eigenvalue weighted by molar-refractivity contribution is 0.482. The fourth-order valence-corrected chi connectivity index (χ4v) is 4.81. The zero-order chi connectivity index (χ0) is 27.2. The minimum atomic E-state index is -3.78. The van der Waals surface area contributed by atoms with Crippen molar-refractivity contribution in [2.75, 3.05) is 15.4 Å². The second-order valence-corrected chi connectivity index (χ2v) is 10.6. The van der Waals surface area contributed by atoms with Gasteiger partial charge in [-0.1, -0.05) is 35.9 Å². The van der Waals surface area contributed by atoms with Crippen LogP contribution in [0.1, 0.15) is 11.3 Å². The zero-order valence-corrected chi connectivity index (χ0v) is 22.2. The van der Waals surface area contributed by atoms with Crippen LogP contribution in [0.2, 0.25) is 0 Å². The van der Waals surface area contributed by atoms with E-state index in [1.807, 2.05) is 74.5 Å². The molecule has 4 aromatic carbocycles. The highest BCUT2D eigenvalue weighted by atomic mass is 32.2. The van der Waals surface area contributed by atoms with Gasteiger partial charge in [0.15, 0.2) is 0 Å². The number of aromatic nitrogens is 2. The number of anilines is 5. The van der Waals surface area contributed by atoms with Crippen LogP contribution in [0.5, 0.6) is 11.5 Å². The highest BCUT2D eigenvalue weighted by Crippen LogP contribution is 2.25. The fourth-order valence-electron chi connectivity index (χ4n) is 3.75. The molecule has 0 aliphatic heterocycles.